The van der Waals surface area contributed by atoms with Crippen LogP contribution in [0, 0.1) is 16.7 Å². The first kappa shape index (κ1) is 19.4. The summed E-state index contributed by atoms with van der Waals surface area (Å²) < 4.78 is 27.3. The summed E-state index contributed by atoms with van der Waals surface area (Å²) in [6.07, 6.45) is 4.64. The van der Waals surface area contributed by atoms with Crippen LogP contribution in [0.2, 0.25) is 0 Å². The lowest BCUT2D eigenvalue weighted by molar-refractivity contribution is -0.138. The molecular weight excluding hydrogens is 380 g/mol. The van der Waals surface area contributed by atoms with E-state index >= 15 is 0 Å². The van der Waals surface area contributed by atoms with Gasteiger partial charge in [0.15, 0.2) is 0 Å². The number of fused-ring (bicyclic) bond motifs is 2. The van der Waals surface area contributed by atoms with Crippen molar-refractivity contribution in [1.29, 1.82) is 0 Å². The SMILES string of the molecule is CC1(C)C[C@@H]2C[C@](C)(CN2C(=O)C2CCN(S(=O)(=O)c3cccs3)CC2)C1. The molecule has 2 saturated heterocycles. The van der Waals surface area contributed by atoms with Crippen LogP contribution in [-0.4, -0.2) is 49.2 Å². The van der Waals surface area contributed by atoms with E-state index in [4.69, 9.17) is 0 Å². The molecule has 2 atom stereocenters. The normalized spacial score (nSPS) is 32.0. The van der Waals surface area contributed by atoms with Crippen LogP contribution >= 0.6 is 11.3 Å². The minimum absolute atomic E-state index is 0.0363. The van der Waals surface area contributed by atoms with E-state index in [0.717, 1.165) is 19.4 Å². The van der Waals surface area contributed by atoms with Gasteiger partial charge in [0, 0.05) is 31.6 Å². The number of piperidine rings is 1. The molecular formula is C20H30N2O3S2. The maximum atomic E-state index is 13.2. The zero-order chi connectivity index (χ0) is 19.4. The summed E-state index contributed by atoms with van der Waals surface area (Å²) in [7, 11) is -3.40. The van der Waals surface area contributed by atoms with Gasteiger partial charge in [-0.2, -0.15) is 4.31 Å². The van der Waals surface area contributed by atoms with Crippen LogP contribution in [0.3, 0.4) is 0 Å². The van der Waals surface area contributed by atoms with E-state index in [1.54, 1.807) is 21.8 Å². The predicted octanol–water partition coefficient (Wildman–Crippen LogP) is 3.58. The number of rotatable bonds is 3. The number of sulfonamides is 1. The van der Waals surface area contributed by atoms with Gasteiger partial charge in [0.05, 0.1) is 0 Å². The molecule has 0 spiro atoms. The van der Waals surface area contributed by atoms with Crippen LogP contribution in [-0.2, 0) is 14.8 Å². The van der Waals surface area contributed by atoms with E-state index in [9.17, 15) is 13.2 Å². The third kappa shape index (κ3) is 3.58. The van der Waals surface area contributed by atoms with Crippen LogP contribution in [0.1, 0.15) is 52.9 Å². The average Bonchev–Trinajstić information content (AvgIpc) is 3.20. The van der Waals surface area contributed by atoms with Gasteiger partial charge in [0.25, 0.3) is 10.0 Å². The lowest BCUT2D eigenvalue weighted by Gasteiger charge is -2.39. The quantitative estimate of drug-likeness (QED) is 0.765. The second kappa shape index (κ2) is 6.56. The molecule has 1 aromatic rings. The molecule has 0 N–H and O–H groups in total. The summed E-state index contributed by atoms with van der Waals surface area (Å²) in [6.45, 7) is 8.71. The van der Waals surface area contributed by atoms with Crippen molar-refractivity contribution < 1.29 is 13.2 Å². The molecule has 0 aromatic carbocycles. The standard InChI is InChI=1S/C20H30N2O3S2/c1-19(2)11-16-12-20(3,13-19)14-22(16)18(23)15-6-8-21(9-7-15)27(24,25)17-5-4-10-26-17/h4-5,10,15-16H,6-9,11-14H2,1-3H3/t16-,20+/m1/s1. The van der Waals surface area contributed by atoms with E-state index in [1.807, 2.05) is 0 Å². The van der Waals surface area contributed by atoms with Crippen molar-refractivity contribution in [3.8, 4) is 0 Å². The highest BCUT2D eigenvalue weighted by atomic mass is 32.2. The molecule has 0 unspecified atom stereocenters. The van der Waals surface area contributed by atoms with Crippen molar-refractivity contribution in [1.82, 2.24) is 9.21 Å². The molecule has 5 nitrogen and oxygen atoms in total. The Kier molecular flexibility index (Phi) is 4.71. The molecule has 1 aromatic heterocycles. The van der Waals surface area contributed by atoms with Gasteiger partial charge in [-0.05, 0) is 54.4 Å². The molecule has 7 heteroatoms. The van der Waals surface area contributed by atoms with Gasteiger partial charge >= 0.3 is 0 Å². The third-order valence-electron chi connectivity index (χ3n) is 6.59. The third-order valence-corrected chi connectivity index (χ3v) is 9.86. The smallest absolute Gasteiger partial charge is 0.252 e. The first-order valence-corrected chi connectivity index (χ1v) is 12.3. The summed E-state index contributed by atoms with van der Waals surface area (Å²) in [4.78, 5) is 15.4. The number of thiophene rings is 1. The van der Waals surface area contributed by atoms with Gasteiger partial charge in [-0.1, -0.05) is 26.8 Å². The number of nitrogens with zero attached hydrogens (tertiary/aromatic N) is 2. The highest BCUT2D eigenvalue weighted by molar-refractivity contribution is 7.91. The van der Waals surface area contributed by atoms with Gasteiger partial charge in [-0.3, -0.25) is 4.79 Å². The van der Waals surface area contributed by atoms with E-state index in [1.165, 1.54) is 17.8 Å². The van der Waals surface area contributed by atoms with Crippen molar-refractivity contribution in [3.63, 3.8) is 0 Å². The number of carbonyl (C=O) groups is 1. The summed E-state index contributed by atoms with van der Waals surface area (Å²) in [5.74, 6) is 0.223. The van der Waals surface area contributed by atoms with Crippen molar-refractivity contribution in [2.75, 3.05) is 19.6 Å². The molecule has 27 heavy (non-hydrogen) atoms. The van der Waals surface area contributed by atoms with Crippen molar-refractivity contribution in [2.24, 2.45) is 16.7 Å². The molecule has 2 bridgehead atoms. The topological polar surface area (TPSA) is 57.7 Å². The Morgan fingerprint density at radius 2 is 1.89 bits per heavy atom. The molecule has 3 heterocycles. The molecule has 1 aliphatic carbocycles. The Morgan fingerprint density at radius 3 is 2.52 bits per heavy atom. The lowest BCUT2D eigenvalue weighted by atomic mass is 9.65. The van der Waals surface area contributed by atoms with Crippen molar-refractivity contribution in [3.05, 3.63) is 17.5 Å². The van der Waals surface area contributed by atoms with Crippen LogP contribution in [0.15, 0.2) is 21.7 Å². The first-order chi connectivity index (χ1) is 12.6. The number of hydrogen-bond acceptors (Lipinski definition) is 4. The second-order valence-electron chi connectivity index (χ2n) is 9.79. The van der Waals surface area contributed by atoms with Gasteiger partial charge in [-0.25, -0.2) is 8.42 Å². The van der Waals surface area contributed by atoms with Crippen molar-refractivity contribution >= 4 is 27.3 Å². The first-order valence-electron chi connectivity index (χ1n) is 9.94. The Balaban J connectivity index is 1.41. The van der Waals surface area contributed by atoms with Crippen molar-refractivity contribution in [2.45, 2.75) is 63.1 Å². The molecule has 3 fully saturated rings. The Morgan fingerprint density at radius 1 is 1.19 bits per heavy atom. The van der Waals surface area contributed by atoms with E-state index in [0.29, 0.717) is 41.6 Å². The number of amides is 1. The maximum Gasteiger partial charge on any atom is 0.252 e. The van der Waals surface area contributed by atoms with Crippen LogP contribution in [0.4, 0.5) is 0 Å². The number of hydrogen-bond donors (Lipinski definition) is 0. The summed E-state index contributed by atoms with van der Waals surface area (Å²) in [5.41, 5.74) is 0.538. The fourth-order valence-electron chi connectivity index (χ4n) is 5.83. The Labute approximate surface area is 166 Å². The molecule has 150 valence electrons. The number of likely N-dealkylation sites (tertiary alicyclic amines) is 1. The largest absolute Gasteiger partial charge is 0.339 e. The fraction of sp³-hybridized carbons (Fsp3) is 0.750. The van der Waals surface area contributed by atoms with Crippen LogP contribution in [0.5, 0.6) is 0 Å². The predicted molar refractivity (Wildman–Crippen MR) is 107 cm³/mol. The van der Waals surface area contributed by atoms with Gasteiger partial charge in [0.1, 0.15) is 4.21 Å². The zero-order valence-electron chi connectivity index (χ0n) is 16.5. The van der Waals surface area contributed by atoms with E-state index in [-0.39, 0.29) is 17.2 Å². The summed E-state index contributed by atoms with van der Waals surface area (Å²) >= 11 is 1.26. The monoisotopic (exact) mass is 410 g/mol. The molecule has 4 rings (SSSR count). The lowest BCUT2D eigenvalue weighted by Crippen LogP contribution is -2.46. The fourth-order valence-corrected chi connectivity index (χ4v) is 8.45. The van der Waals surface area contributed by atoms with Gasteiger partial charge in [-0.15, -0.1) is 11.3 Å². The zero-order valence-corrected chi connectivity index (χ0v) is 18.1. The Bertz CT molecular complexity index is 810. The molecule has 2 aliphatic heterocycles. The second-order valence-corrected chi connectivity index (χ2v) is 12.9. The molecule has 0 radical (unpaired) electrons. The number of carbonyl (C=O) groups excluding carboxylic acids is 1. The maximum absolute atomic E-state index is 13.2. The van der Waals surface area contributed by atoms with Gasteiger partial charge in [0.2, 0.25) is 5.91 Å². The summed E-state index contributed by atoms with van der Waals surface area (Å²) in [6, 6.07) is 3.78. The highest BCUT2D eigenvalue weighted by Crippen LogP contribution is 2.52. The molecule has 3 aliphatic rings. The minimum Gasteiger partial charge on any atom is -0.339 e. The van der Waals surface area contributed by atoms with Crippen LogP contribution < -0.4 is 0 Å². The molecule has 1 amide bonds. The van der Waals surface area contributed by atoms with Gasteiger partial charge < -0.3 is 4.90 Å². The van der Waals surface area contributed by atoms with Crippen LogP contribution in [0.25, 0.3) is 0 Å². The summed E-state index contributed by atoms with van der Waals surface area (Å²) in [5, 5.41) is 1.79. The van der Waals surface area contributed by atoms with E-state index in [2.05, 4.69) is 25.7 Å². The minimum atomic E-state index is -3.40. The highest BCUT2D eigenvalue weighted by Gasteiger charge is 2.51. The average molecular weight is 411 g/mol. The van der Waals surface area contributed by atoms with E-state index < -0.39 is 10.0 Å². The molecule has 1 saturated carbocycles. The Hall–Kier alpha value is -0.920.